The van der Waals surface area contributed by atoms with Gasteiger partial charge in [-0.25, -0.2) is 9.38 Å². The van der Waals surface area contributed by atoms with Crippen LogP contribution in [0.1, 0.15) is 34.5 Å². The van der Waals surface area contributed by atoms with E-state index in [2.05, 4.69) is 9.98 Å². The lowest BCUT2D eigenvalue weighted by Crippen LogP contribution is -2.52. The number of rotatable bonds is 3. The van der Waals surface area contributed by atoms with Crippen molar-refractivity contribution in [1.82, 2.24) is 14.8 Å². The molecule has 1 saturated heterocycles. The van der Waals surface area contributed by atoms with Crippen molar-refractivity contribution in [3.63, 3.8) is 0 Å². The number of benzene rings is 1. The number of Topliss-reactive ketones (excluding diaryl/α,β-unsaturated/α-hetero) is 1. The lowest BCUT2D eigenvalue weighted by atomic mass is 10.0. The molecule has 2 aliphatic heterocycles. The quantitative estimate of drug-likeness (QED) is 0.784. The Bertz CT molecular complexity index is 1010. The third-order valence-electron chi connectivity index (χ3n) is 5.33. The van der Waals surface area contributed by atoms with E-state index in [1.807, 2.05) is 17.0 Å². The van der Waals surface area contributed by atoms with Crippen molar-refractivity contribution >= 4 is 17.4 Å². The van der Waals surface area contributed by atoms with E-state index < -0.39 is 12.0 Å². The van der Waals surface area contributed by atoms with Gasteiger partial charge in [-0.1, -0.05) is 24.3 Å². The molecule has 1 aromatic heterocycles. The minimum Gasteiger partial charge on any atom is -0.370 e. The number of likely N-dealkylation sites (N-methyl/N-ethyl adjacent to an activating group) is 1. The summed E-state index contributed by atoms with van der Waals surface area (Å²) in [4.78, 5) is 23.6. The topological polar surface area (TPSA) is 78.3 Å². The summed E-state index contributed by atoms with van der Waals surface area (Å²) in [6.45, 7) is 3.11. The van der Waals surface area contributed by atoms with Gasteiger partial charge in [0.15, 0.2) is 17.8 Å². The monoisotopic (exact) mass is 410 g/mol. The largest absolute Gasteiger partial charge is 0.370 e. The zero-order valence-electron chi connectivity index (χ0n) is 16.8. The molecule has 8 heteroatoms. The molecule has 1 aromatic carbocycles. The van der Waals surface area contributed by atoms with Crippen molar-refractivity contribution in [3.05, 3.63) is 71.3 Å². The number of aliphatic imine (C=N–C) groups is 1. The van der Waals surface area contributed by atoms with E-state index in [9.17, 15) is 14.3 Å². The molecular formula is C22H23FN4O3. The number of nitrogens with zero attached hydrogens (tertiary/aromatic N) is 4. The first-order valence-corrected chi connectivity index (χ1v) is 9.73. The number of pyridine rings is 1. The molecule has 0 radical (unpaired) electrons. The van der Waals surface area contributed by atoms with Crippen LogP contribution >= 0.6 is 0 Å². The fourth-order valence-corrected chi connectivity index (χ4v) is 3.59. The van der Waals surface area contributed by atoms with Crippen molar-refractivity contribution in [1.29, 1.82) is 0 Å². The summed E-state index contributed by atoms with van der Waals surface area (Å²) in [6.07, 6.45) is 3.00. The van der Waals surface area contributed by atoms with Crippen LogP contribution < -0.4 is 0 Å². The second-order valence-corrected chi connectivity index (χ2v) is 7.33. The number of aliphatic hydroxyl groups is 1. The Morgan fingerprint density at radius 1 is 1.27 bits per heavy atom. The standard InChI is InChI=1S/C22H23FN4O3/c1-14(28)15-3-5-16(6-4-15)20-13-27(9-10-30-20)22-25-19(11-21(29)26(22)2)17-7-8-24-12-18(17)23/h3-8,11-12,20-21,29H,9-10,13H2,1-2H3/t20-,21?/m1/s1. The predicted octanol–water partition coefficient (Wildman–Crippen LogP) is 2.46. The average Bonchev–Trinajstić information content (AvgIpc) is 2.76. The summed E-state index contributed by atoms with van der Waals surface area (Å²) in [7, 11) is 1.74. The van der Waals surface area contributed by atoms with Gasteiger partial charge in [0.25, 0.3) is 0 Å². The first-order valence-electron chi connectivity index (χ1n) is 9.73. The Morgan fingerprint density at radius 2 is 2.03 bits per heavy atom. The van der Waals surface area contributed by atoms with Gasteiger partial charge in [0.1, 0.15) is 6.10 Å². The fourth-order valence-electron chi connectivity index (χ4n) is 3.59. The van der Waals surface area contributed by atoms with E-state index in [0.717, 1.165) is 11.8 Å². The van der Waals surface area contributed by atoms with Crippen LogP contribution in [0, 0.1) is 5.82 Å². The lowest BCUT2D eigenvalue weighted by molar-refractivity contribution is -0.0143. The van der Waals surface area contributed by atoms with E-state index in [-0.39, 0.29) is 11.9 Å². The molecule has 3 heterocycles. The maximum absolute atomic E-state index is 14.2. The van der Waals surface area contributed by atoms with Crippen LogP contribution in [0.2, 0.25) is 0 Å². The minimum atomic E-state index is -0.934. The van der Waals surface area contributed by atoms with E-state index >= 15 is 0 Å². The van der Waals surface area contributed by atoms with Gasteiger partial charge in [-0.2, -0.15) is 0 Å². The van der Waals surface area contributed by atoms with E-state index in [1.165, 1.54) is 19.2 Å². The van der Waals surface area contributed by atoms with Crippen LogP contribution in [0.25, 0.3) is 5.70 Å². The number of halogens is 1. The normalized spacial score (nSPS) is 21.9. The van der Waals surface area contributed by atoms with Crippen molar-refractivity contribution in [2.75, 3.05) is 26.7 Å². The summed E-state index contributed by atoms with van der Waals surface area (Å²) in [5, 5.41) is 10.5. The Balaban J connectivity index is 1.59. The van der Waals surface area contributed by atoms with Crippen molar-refractivity contribution in [2.45, 2.75) is 19.3 Å². The molecule has 4 rings (SSSR count). The zero-order chi connectivity index (χ0) is 21.3. The minimum absolute atomic E-state index is 0.0163. The van der Waals surface area contributed by atoms with E-state index in [1.54, 1.807) is 30.1 Å². The number of aromatic nitrogens is 1. The molecule has 30 heavy (non-hydrogen) atoms. The first-order chi connectivity index (χ1) is 14.4. The highest BCUT2D eigenvalue weighted by molar-refractivity contribution is 5.94. The molecule has 0 amide bonds. The average molecular weight is 410 g/mol. The Kier molecular flexibility index (Phi) is 5.61. The van der Waals surface area contributed by atoms with Crippen molar-refractivity contribution < 1.29 is 19.0 Å². The van der Waals surface area contributed by atoms with E-state index in [0.29, 0.717) is 42.5 Å². The van der Waals surface area contributed by atoms with Crippen LogP contribution in [-0.2, 0) is 4.74 Å². The smallest absolute Gasteiger partial charge is 0.204 e. The molecule has 0 saturated carbocycles. The maximum Gasteiger partial charge on any atom is 0.204 e. The molecule has 1 N–H and O–H groups in total. The van der Waals surface area contributed by atoms with Crippen molar-refractivity contribution in [3.8, 4) is 0 Å². The van der Waals surface area contributed by atoms with Crippen LogP contribution in [-0.4, -0.2) is 64.6 Å². The van der Waals surface area contributed by atoms with Gasteiger partial charge in [0.05, 0.1) is 25.0 Å². The number of aliphatic hydroxyl groups excluding tert-OH is 1. The van der Waals surface area contributed by atoms with Gasteiger partial charge >= 0.3 is 0 Å². The molecule has 156 valence electrons. The molecule has 2 atom stereocenters. The molecular weight excluding hydrogens is 387 g/mol. The molecule has 7 nitrogen and oxygen atoms in total. The Morgan fingerprint density at radius 3 is 2.73 bits per heavy atom. The molecule has 0 bridgehead atoms. The van der Waals surface area contributed by atoms with E-state index in [4.69, 9.17) is 4.74 Å². The van der Waals surface area contributed by atoms with Crippen LogP contribution in [0.15, 0.2) is 53.8 Å². The number of carbonyl (C=O) groups excluding carboxylic acids is 1. The Hall–Kier alpha value is -3.10. The fraction of sp³-hybridized carbons (Fsp3) is 0.318. The Labute approximate surface area is 174 Å². The second kappa shape index (κ2) is 8.33. The summed E-state index contributed by atoms with van der Waals surface area (Å²) in [5.74, 6) is 0.0708. The van der Waals surface area contributed by atoms with Gasteiger partial charge in [-0.3, -0.25) is 9.78 Å². The SMILES string of the molecule is CC(=O)c1ccc([C@H]2CN(C3=NC(c4ccncc4F)=CC(O)N3C)CCO2)cc1. The third kappa shape index (κ3) is 3.96. The van der Waals surface area contributed by atoms with Gasteiger partial charge < -0.3 is 19.6 Å². The molecule has 0 spiro atoms. The molecule has 1 fully saturated rings. The molecule has 2 aliphatic rings. The molecule has 0 aliphatic carbocycles. The summed E-state index contributed by atoms with van der Waals surface area (Å²) in [5.41, 5.74) is 2.27. The number of guanidine groups is 1. The highest BCUT2D eigenvalue weighted by Crippen LogP contribution is 2.28. The molecule has 2 aromatic rings. The van der Waals surface area contributed by atoms with Gasteiger partial charge in [0.2, 0.25) is 5.96 Å². The van der Waals surface area contributed by atoms with Crippen LogP contribution in [0.3, 0.4) is 0 Å². The molecule has 1 unspecified atom stereocenters. The van der Waals surface area contributed by atoms with Crippen molar-refractivity contribution in [2.24, 2.45) is 4.99 Å². The van der Waals surface area contributed by atoms with Crippen LogP contribution in [0.4, 0.5) is 4.39 Å². The lowest BCUT2D eigenvalue weighted by Gasteiger charge is -2.40. The summed E-state index contributed by atoms with van der Waals surface area (Å²) < 4.78 is 20.1. The van der Waals surface area contributed by atoms with Crippen LogP contribution in [0.5, 0.6) is 0 Å². The highest BCUT2D eigenvalue weighted by atomic mass is 19.1. The van der Waals surface area contributed by atoms with Gasteiger partial charge in [0, 0.05) is 30.9 Å². The maximum atomic E-state index is 14.2. The number of morpholine rings is 1. The number of ether oxygens (including phenoxy) is 1. The van der Waals surface area contributed by atoms with Gasteiger partial charge in [-0.15, -0.1) is 0 Å². The highest BCUT2D eigenvalue weighted by Gasteiger charge is 2.30. The first kappa shape index (κ1) is 20.2. The van der Waals surface area contributed by atoms with Gasteiger partial charge in [-0.05, 0) is 24.6 Å². The number of ketones is 1. The zero-order valence-corrected chi connectivity index (χ0v) is 16.8. The number of hydrogen-bond donors (Lipinski definition) is 1. The summed E-state index contributed by atoms with van der Waals surface area (Å²) >= 11 is 0. The second-order valence-electron chi connectivity index (χ2n) is 7.33. The number of hydrogen-bond acceptors (Lipinski definition) is 7. The number of carbonyl (C=O) groups is 1. The predicted molar refractivity (Wildman–Crippen MR) is 110 cm³/mol. The third-order valence-corrected chi connectivity index (χ3v) is 5.33. The summed E-state index contributed by atoms with van der Waals surface area (Å²) in [6, 6.07) is 8.91.